The maximum Gasteiger partial charge on any atom is 0.0547 e. The van der Waals surface area contributed by atoms with Crippen LogP contribution in [0.15, 0.2) is 170 Å². The molecule has 0 amide bonds. The first-order chi connectivity index (χ1) is 21.9. The van der Waals surface area contributed by atoms with Crippen molar-refractivity contribution in [3.8, 4) is 33.6 Å². The first-order valence-corrected chi connectivity index (χ1v) is 15.1. The van der Waals surface area contributed by atoms with E-state index in [0.717, 1.165) is 11.4 Å². The highest BCUT2D eigenvalue weighted by Crippen LogP contribution is 2.47. The number of aromatic nitrogens is 2. The Morgan fingerprint density at radius 1 is 0.295 bits per heavy atom. The molecule has 0 aliphatic rings. The molecule has 7 aromatic carbocycles. The molecule has 206 valence electrons. The summed E-state index contributed by atoms with van der Waals surface area (Å²) in [5, 5.41) is 5.05. The van der Waals surface area contributed by atoms with Crippen molar-refractivity contribution in [1.82, 2.24) is 9.13 Å². The van der Waals surface area contributed by atoms with Crippen LogP contribution < -0.4 is 0 Å². The summed E-state index contributed by atoms with van der Waals surface area (Å²) < 4.78 is 4.82. The van der Waals surface area contributed by atoms with Gasteiger partial charge in [-0.05, 0) is 65.2 Å². The van der Waals surface area contributed by atoms with Crippen molar-refractivity contribution >= 4 is 43.6 Å². The van der Waals surface area contributed by atoms with Crippen molar-refractivity contribution < 1.29 is 0 Å². The SMILES string of the molecule is c1ccc(-c2ccc3c(c2-c2cccc4c2c2ccccc2n4-c2ccccc2)c2ccccc2n3-c2ccccc2)cc1. The maximum atomic E-state index is 2.41. The van der Waals surface area contributed by atoms with E-state index in [0.29, 0.717) is 0 Å². The number of para-hydroxylation sites is 4. The summed E-state index contributed by atoms with van der Waals surface area (Å²) >= 11 is 0. The monoisotopic (exact) mass is 560 g/mol. The van der Waals surface area contributed by atoms with E-state index in [1.807, 2.05) is 0 Å². The van der Waals surface area contributed by atoms with Gasteiger partial charge in [0, 0.05) is 38.5 Å². The molecule has 2 nitrogen and oxygen atoms in total. The molecule has 0 saturated carbocycles. The molecule has 0 radical (unpaired) electrons. The second kappa shape index (κ2) is 9.86. The highest BCUT2D eigenvalue weighted by atomic mass is 15.0. The fourth-order valence-corrected chi connectivity index (χ4v) is 7.14. The largest absolute Gasteiger partial charge is 0.309 e. The molecule has 0 atom stereocenters. The van der Waals surface area contributed by atoms with Crippen LogP contribution in [0, 0.1) is 0 Å². The van der Waals surface area contributed by atoms with E-state index in [-0.39, 0.29) is 0 Å². The van der Waals surface area contributed by atoms with Gasteiger partial charge in [0.1, 0.15) is 0 Å². The van der Waals surface area contributed by atoms with Gasteiger partial charge in [-0.3, -0.25) is 0 Å². The maximum absolute atomic E-state index is 2.41. The summed E-state index contributed by atoms with van der Waals surface area (Å²) in [5.41, 5.74) is 12.1. The van der Waals surface area contributed by atoms with E-state index in [4.69, 9.17) is 0 Å². The Hall–Kier alpha value is -5.86. The van der Waals surface area contributed by atoms with Gasteiger partial charge in [-0.25, -0.2) is 0 Å². The van der Waals surface area contributed by atoms with Crippen LogP contribution in [0.1, 0.15) is 0 Å². The van der Waals surface area contributed by atoms with Crippen molar-refractivity contribution in [2.24, 2.45) is 0 Å². The predicted molar refractivity (Wildman–Crippen MR) is 186 cm³/mol. The van der Waals surface area contributed by atoms with Gasteiger partial charge in [0.25, 0.3) is 0 Å². The minimum absolute atomic E-state index is 1.16. The molecule has 0 bridgehead atoms. The van der Waals surface area contributed by atoms with E-state index in [9.17, 15) is 0 Å². The summed E-state index contributed by atoms with van der Waals surface area (Å²) in [6.45, 7) is 0. The molecule has 0 saturated heterocycles. The highest BCUT2D eigenvalue weighted by Gasteiger charge is 2.23. The lowest BCUT2D eigenvalue weighted by Gasteiger charge is -2.16. The summed E-state index contributed by atoms with van der Waals surface area (Å²) in [6, 6.07) is 61.4. The summed E-state index contributed by atoms with van der Waals surface area (Å²) in [5.74, 6) is 0. The van der Waals surface area contributed by atoms with E-state index in [1.165, 1.54) is 65.9 Å². The molecule has 44 heavy (non-hydrogen) atoms. The molecule has 0 aliphatic heterocycles. The van der Waals surface area contributed by atoms with Crippen LogP contribution in [0.2, 0.25) is 0 Å². The number of benzene rings is 7. The van der Waals surface area contributed by atoms with E-state index >= 15 is 0 Å². The van der Waals surface area contributed by atoms with Crippen LogP contribution in [-0.2, 0) is 0 Å². The second-order valence-electron chi connectivity index (χ2n) is 11.3. The Balaban J connectivity index is 1.50. The Morgan fingerprint density at radius 3 is 1.39 bits per heavy atom. The molecule has 0 aliphatic carbocycles. The van der Waals surface area contributed by atoms with Gasteiger partial charge in [-0.2, -0.15) is 0 Å². The molecule has 9 rings (SSSR count). The predicted octanol–water partition coefficient (Wildman–Crippen LogP) is 11.2. The zero-order valence-electron chi connectivity index (χ0n) is 24.1. The quantitative estimate of drug-likeness (QED) is 0.203. The van der Waals surface area contributed by atoms with Gasteiger partial charge in [0.2, 0.25) is 0 Å². The average Bonchev–Trinajstić information content (AvgIpc) is 3.62. The Bertz CT molecular complexity index is 2470. The van der Waals surface area contributed by atoms with Crippen LogP contribution in [0.4, 0.5) is 0 Å². The van der Waals surface area contributed by atoms with Crippen molar-refractivity contribution in [2.75, 3.05) is 0 Å². The van der Waals surface area contributed by atoms with Crippen LogP contribution >= 0.6 is 0 Å². The fourth-order valence-electron chi connectivity index (χ4n) is 7.14. The van der Waals surface area contributed by atoms with Crippen molar-refractivity contribution in [2.45, 2.75) is 0 Å². The van der Waals surface area contributed by atoms with Gasteiger partial charge >= 0.3 is 0 Å². The lowest BCUT2D eigenvalue weighted by molar-refractivity contribution is 1.18. The van der Waals surface area contributed by atoms with Gasteiger partial charge in [-0.1, -0.05) is 121 Å². The van der Waals surface area contributed by atoms with Crippen molar-refractivity contribution in [3.63, 3.8) is 0 Å². The number of rotatable bonds is 4. The molecular weight excluding hydrogens is 532 g/mol. The zero-order chi connectivity index (χ0) is 29.0. The molecule has 0 unspecified atom stereocenters. The first-order valence-electron chi connectivity index (χ1n) is 15.1. The Kier molecular flexibility index (Phi) is 5.54. The molecule has 0 N–H and O–H groups in total. The molecule has 2 aromatic heterocycles. The highest BCUT2D eigenvalue weighted by molar-refractivity contribution is 6.24. The van der Waals surface area contributed by atoms with Crippen LogP contribution in [0.5, 0.6) is 0 Å². The Labute approximate surface area is 255 Å². The third-order valence-corrected chi connectivity index (χ3v) is 8.92. The fraction of sp³-hybridized carbons (Fsp3) is 0. The van der Waals surface area contributed by atoms with Crippen LogP contribution in [0.25, 0.3) is 77.2 Å². The second-order valence-corrected chi connectivity index (χ2v) is 11.3. The zero-order valence-corrected chi connectivity index (χ0v) is 24.1. The summed E-state index contributed by atoms with van der Waals surface area (Å²) in [4.78, 5) is 0. The molecule has 0 fully saturated rings. The van der Waals surface area contributed by atoms with E-state index < -0.39 is 0 Å². The van der Waals surface area contributed by atoms with E-state index in [2.05, 4.69) is 179 Å². The topological polar surface area (TPSA) is 9.86 Å². The van der Waals surface area contributed by atoms with Gasteiger partial charge in [-0.15, -0.1) is 0 Å². The Morgan fingerprint density at radius 2 is 0.773 bits per heavy atom. The molecule has 2 heteroatoms. The van der Waals surface area contributed by atoms with Crippen molar-refractivity contribution in [3.05, 3.63) is 170 Å². The average molecular weight is 561 g/mol. The van der Waals surface area contributed by atoms with Gasteiger partial charge in [0.15, 0.2) is 0 Å². The molecule has 0 spiro atoms. The minimum atomic E-state index is 1.16. The molecule has 9 aromatic rings. The molecule has 2 heterocycles. The van der Waals surface area contributed by atoms with Crippen LogP contribution in [0.3, 0.4) is 0 Å². The van der Waals surface area contributed by atoms with Crippen LogP contribution in [-0.4, -0.2) is 9.13 Å². The number of fused-ring (bicyclic) bond motifs is 6. The first kappa shape index (κ1) is 24.7. The third kappa shape index (κ3) is 3.61. The van der Waals surface area contributed by atoms with Gasteiger partial charge in [0.05, 0.1) is 22.1 Å². The third-order valence-electron chi connectivity index (χ3n) is 8.92. The number of hydrogen-bond acceptors (Lipinski definition) is 0. The number of hydrogen-bond donors (Lipinski definition) is 0. The summed E-state index contributed by atoms with van der Waals surface area (Å²) in [7, 11) is 0. The molecular formula is C42H28N2. The normalized spacial score (nSPS) is 11.6. The summed E-state index contributed by atoms with van der Waals surface area (Å²) in [6.07, 6.45) is 0. The number of nitrogens with zero attached hydrogens (tertiary/aromatic N) is 2. The standard InChI is InChI=1S/C42H28N2/c1-4-15-29(16-5-1)32-27-28-39-42(34-22-11-13-25-37(34)44(39)31-19-8-3-9-20-31)41(32)35-23-14-26-38-40(35)33-21-10-12-24-36(33)43(38)30-17-6-2-7-18-30/h1-28H. The smallest absolute Gasteiger partial charge is 0.0547 e. The van der Waals surface area contributed by atoms with E-state index in [1.54, 1.807) is 0 Å². The minimum Gasteiger partial charge on any atom is -0.309 e. The lowest BCUT2D eigenvalue weighted by atomic mass is 9.88. The lowest BCUT2D eigenvalue weighted by Crippen LogP contribution is -1.94. The van der Waals surface area contributed by atoms with Gasteiger partial charge < -0.3 is 9.13 Å². The van der Waals surface area contributed by atoms with Crippen molar-refractivity contribution in [1.29, 1.82) is 0 Å².